The molecule has 21 heavy (non-hydrogen) atoms. The van der Waals surface area contributed by atoms with Crippen LogP contribution in [0, 0.1) is 11.3 Å². The van der Waals surface area contributed by atoms with Crippen molar-refractivity contribution < 1.29 is 18.8 Å². The quantitative estimate of drug-likeness (QED) is 0.588. The van der Waals surface area contributed by atoms with Crippen LogP contribution in [0.1, 0.15) is 19.1 Å². The number of rotatable bonds is 5. The summed E-state index contributed by atoms with van der Waals surface area (Å²) in [5.41, 5.74) is -1.31. The van der Waals surface area contributed by atoms with Crippen LogP contribution in [0.2, 0.25) is 0 Å². The number of furan rings is 1. The van der Waals surface area contributed by atoms with E-state index in [2.05, 4.69) is 10.6 Å². The SMILES string of the molecule is CC1(c2ccco2)NC(=O)N(CC(=O)NCCC#N)C1=O. The molecule has 0 aliphatic carbocycles. The van der Waals surface area contributed by atoms with Gasteiger partial charge in [0.05, 0.1) is 18.8 Å². The first-order valence-electron chi connectivity index (χ1n) is 6.31. The molecule has 2 rings (SSSR count). The molecule has 0 bridgehead atoms. The maximum absolute atomic E-state index is 12.4. The monoisotopic (exact) mass is 290 g/mol. The maximum atomic E-state index is 12.4. The molecule has 1 aromatic heterocycles. The van der Waals surface area contributed by atoms with Crippen LogP contribution in [0.15, 0.2) is 22.8 Å². The number of urea groups is 1. The zero-order chi connectivity index (χ0) is 15.5. The molecule has 8 heteroatoms. The highest BCUT2D eigenvalue weighted by Gasteiger charge is 2.51. The molecule has 0 aromatic carbocycles. The third-order valence-electron chi connectivity index (χ3n) is 3.15. The molecule has 1 fully saturated rings. The van der Waals surface area contributed by atoms with Crippen molar-refractivity contribution in [1.29, 1.82) is 5.26 Å². The van der Waals surface area contributed by atoms with Crippen LogP contribution in [-0.2, 0) is 15.1 Å². The summed E-state index contributed by atoms with van der Waals surface area (Å²) in [6, 6.07) is 4.41. The predicted octanol–water partition coefficient (Wildman–Crippen LogP) is 0.0765. The zero-order valence-corrected chi connectivity index (χ0v) is 11.4. The highest BCUT2D eigenvalue weighted by atomic mass is 16.3. The van der Waals surface area contributed by atoms with Gasteiger partial charge in [0, 0.05) is 6.54 Å². The molecule has 0 saturated carbocycles. The van der Waals surface area contributed by atoms with E-state index in [1.54, 1.807) is 12.1 Å². The third-order valence-corrected chi connectivity index (χ3v) is 3.15. The molecule has 1 aromatic rings. The smallest absolute Gasteiger partial charge is 0.325 e. The summed E-state index contributed by atoms with van der Waals surface area (Å²) in [7, 11) is 0. The summed E-state index contributed by atoms with van der Waals surface area (Å²) in [5.74, 6) is -0.761. The van der Waals surface area contributed by atoms with Crippen LogP contribution in [0.25, 0.3) is 0 Å². The van der Waals surface area contributed by atoms with Crippen molar-refractivity contribution in [2.75, 3.05) is 13.1 Å². The molecule has 1 saturated heterocycles. The van der Waals surface area contributed by atoms with Crippen molar-refractivity contribution in [3.8, 4) is 6.07 Å². The minimum atomic E-state index is -1.31. The Morgan fingerprint density at radius 2 is 2.33 bits per heavy atom. The molecule has 1 unspecified atom stereocenters. The summed E-state index contributed by atoms with van der Waals surface area (Å²) in [4.78, 5) is 36.7. The number of imide groups is 1. The Morgan fingerprint density at radius 1 is 1.57 bits per heavy atom. The molecule has 8 nitrogen and oxygen atoms in total. The molecule has 2 N–H and O–H groups in total. The number of hydrogen-bond acceptors (Lipinski definition) is 5. The van der Waals surface area contributed by atoms with E-state index in [1.165, 1.54) is 13.2 Å². The first kappa shape index (κ1) is 14.6. The van der Waals surface area contributed by atoms with E-state index < -0.39 is 29.9 Å². The van der Waals surface area contributed by atoms with Crippen molar-refractivity contribution in [2.45, 2.75) is 18.9 Å². The number of nitrogens with one attached hydrogen (secondary N) is 2. The first-order valence-corrected chi connectivity index (χ1v) is 6.31. The van der Waals surface area contributed by atoms with Gasteiger partial charge in [-0.15, -0.1) is 0 Å². The third kappa shape index (κ3) is 2.72. The van der Waals surface area contributed by atoms with Crippen LogP contribution in [-0.4, -0.2) is 35.8 Å². The summed E-state index contributed by atoms with van der Waals surface area (Å²) in [5, 5.41) is 13.4. The number of carbonyl (C=O) groups is 3. The van der Waals surface area contributed by atoms with Crippen LogP contribution >= 0.6 is 0 Å². The Balaban J connectivity index is 2.06. The van der Waals surface area contributed by atoms with Gasteiger partial charge >= 0.3 is 6.03 Å². The summed E-state index contributed by atoms with van der Waals surface area (Å²) >= 11 is 0. The topological polar surface area (TPSA) is 115 Å². The van der Waals surface area contributed by atoms with Gasteiger partial charge in [0.2, 0.25) is 5.91 Å². The van der Waals surface area contributed by atoms with Gasteiger partial charge < -0.3 is 15.1 Å². The van der Waals surface area contributed by atoms with Gasteiger partial charge in [-0.25, -0.2) is 4.79 Å². The minimum absolute atomic E-state index is 0.163. The van der Waals surface area contributed by atoms with Crippen LogP contribution in [0.4, 0.5) is 4.79 Å². The van der Waals surface area contributed by atoms with E-state index >= 15 is 0 Å². The van der Waals surface area contributed by atoms with Gasteiger partial charge in [-0.05, 0) is 19.1 Å². The molecule has 1 aliphatic rings. The minimum Gasteiger partial charge on any atom is -0.466 e. The van der Waals surface area contributed by atoms with Crippen LogP contribution in [0.3, 0.4) is 0 Å². The number of nitriles is 1. The van der Waals surface area contributed by atoms with Gasteiger partial charge in [-0.2, -0.15) is 5.26 Å². The van der Waals surface area contributed by atoms with Gasteiger partial charge in [-0.1, -0.05) is 0 Å². The molecule has 0 spiro atoms. The Bertz CT molecular complexity index is 604. The van der Waals surface area contributed by atoms with Crippen molar-refractivity contribution >= 4 is 17.8 Å². The predicted molar refractivity (Wildman–Crippen MR) is 69.5 cm³/mol. The normalized spacial score (nSPS) is 21.0. The van der Waals surface area contributed by atoms with E-state index in [0.29, 0.717) is 5.76 Å². The Hall–Kier alpha value is -2.82. The lowest BCUT2D eigenvalue weighted by molar-refractivity contribution is -0.135. The molecule has 1 aliphatic heterocycles. The molecule has 4 amide bonds. The lowest BCUT2D eigenvalue weighted by Crippen LogP contribution is -2.43. The Morgan fingerprint density at radius 3 is 2.95 bits per heavy atom. The first-order chi connectivity index (χ1) is 9.99. The molecule has 110 valence electrons. The molecular formula is C13H14N4O4. The highest BCUT2D eigenvalue weighted by molar-refractivity contribution is 6.08. The number of carbonyl (C=O) groups excluding carboxylic acids is 3. The second-order valence-electron chi connectivity index (χ2n) is 4.68. The van der Waals surface area contributed by atoms with Crippen molar-refractivity contribution in [2.24, 2.45) is 0 Å². The fourth-order valence-corrected chi connectivity index (χ4v) is 2.03. The van der Waals surface area contributed by atoms with E-state index in [-0.39, 0.29) is 13.0 Å². The fraction of sp³-hybridized carbons (Fsp3) is 0.385. The highest BCUT2D eigenvalue weighted by Crippen LogP contribution is 2.28. The van der Waals surface area contributed by atoms with Crippen LogP contribution in [0.5, 0.6) is 0 Å². The van der Waals surface area contributed by atoms with E-state index in [1.807, 2.05) is 6.07 Å². The van der Waals surface area contributed by atoms with Crippen LogP contribution < -0.4 is 10.6 Å². The lowest BCUT2D eigenvalue weighted by Gasteiger charge is -2.18. The van der Waals surface area contributed by atoms with Gasteiger partial charge in [0.15, 0.2) is 5.54 Å². The number of nitrogens with zero attached hydrogens (tertiary/aromatic N) is 2. The lowest BCUT2D eigenvalue weighted by atomic mass is 9.99. The molecule has 2 heterocycles. The molecule has 0 radical (unpaired) electrons. The average Bonchev–Trinajstić information content (AvgIpc) is 3.04. The molecular weight excluding hydrogens is 276 g/mol. The Kier molecular flexibility index (Phi) is 3.93. The second-order valence-corrected chi connectivity index (χ2v) is 4.68. The summed E-state index contributed by atoms with van der Waals surface area (Å²) < 4.78 is 5.17. The van der Waals surface area contributed by atoms with Crippen molar-refractivity contribution in [3.05, 3.63) is 24.2 Å². The van der Waals surface area contributed by atoms with Crippen molar-refractivity contribution in [3.63, 3.8) is 0 Å². The zero-order valence-electron chi connectivity index (χ0n) is 11.4. The van der Waals surface area contributed by atoms with E-state index in [4.69, 9.17) is 9.68 Å². The number of amides is 4. The standard InChI is InChI=1S/C13H14N4O4/c1-13(9-4-2-7-21-9)11(19)17(12(20)16-13)8-10(18)15-6-3-5-14/h2,4,7H,3,6,8H2,1H3,(H,15,18)(H,16,20). The Labute approximate surface area is 120 Å². The van der Waals surface area contributed by atoms with Crippen molar-refractivity contribution in [1.82, 2.24) is 15.5 Å². The molecule has 1 atom stereocenters. The van der Waals surface area contributed by atoms with E-state index in [0.717, 1.165) is 4.90 Å². The van der Waals surface area contributed by atoms with Gasteiger partial charge in [-0.3, -0.25) is 14.5 Å². The van der Waals surface area contributed by atoms with Gasteiger partial charge in [0.25, 0.3) is 5.91 Å². The summed E-state index contributed by atoms with van der Waals surface area (Å²) in [6.07, 6.45) is 1.56. The fourth-order valence-electron chi connectivity index (χ4n) is 2.03. The second kappa shape index (κ2) is 5.66. The average molecular weight is 290 g/mol. The number of hydrogen-bond donors (Lipinski definition) is 2. The summed E-state index contributed by atoms with van der Waals surface area (Å²) in [6.45, 7) is 1.29. The van der Waals surface area contributed by atoms with E-state index in [9.17, 15) is 14.4 Å². The van der Waals surface area contributed by atoms with Gasteiger partial charge in [0.1, 0.15) is 12.3 Å². The maximum Gasteiger partial charge on any atom is 0.325 e. The largest absolute Gasteiger partial charge is 0.466 e.